The van der Waals surface area contributed by atoms with Crippen molar-refractivity contribution in [2.75, 3.05) is 24.6 Å². The van der Waals surface area contributed by atoms with Crippen LogP contribution < -0.4 is 5.73 Å². The number of benzene rings is 1. The van der Waals surface area contributed by atoms with Gasteiger partial charge in [-0.05, 0) is 54.7 Å². The van der Waals surface area contributed by atoms with E-state index in [-0.39, 0.29) is 5.91 Å². The Kier molecular flexibility index (Phi) is 4.78. The molecule has 1 aromatic heterocycles. The van der Waals surface area contributed by atoms with Gasteiger partial charge in [-0.2, -0.15) is 11.8 Å². The summed E-state index contributed by atoms with van der Waals surface area (Å²) in [7, 11) is 0. The van der Waals surface area contributed by atoms with Gasteiger partial charge in [-0.15, -0.1) is 0 Å². The standard InChI is InChI=1S/C20H27N3OS/c1-2-6-23-10-13(11-25-12-19(21)24)7-16-15-4-3-5-17-20(15)14(9-22-17)8-18(16)23/h3-5,9,13,16,18,22H,2,6-8,10-12H2,1H3,(H2,21,24). The average molecular weight is 358 g/mol. The number of nitrogens with one attached hydrogen (secondary N) is 1. The molecular weight excluding hydrogens is 330 g/mol. The van der Waals surface area contributed by atoms with Crippen molar-refractivity contribution in [2.24, 2.45) is 11.7 Å². The third-order valence-electron chi connectivity index (χ3n) is 5.77. The quantitative estimate of drug-likeness (QED) is 0.835. The number of carbonyl (C=O) groups is 1. The molecule has 3 N–H and O–H groups in total. The largest absolute Gasteiger partial charge is 0.369 e. The number of aromatic amines is 1. The zero-order chi connectivity index (χ0) is 17.4. The van der Waals surface area contributed by atoms with E-state index in [2.05, 4.69) is 41.2 Å². The Morgan fingerprint density at radius 3 is 3.12 bits per heavy atom. The van der Waals surface area contributed by atoms with Gasteiger partial charge in [-0.1, -0.05) is 19.1 Å². The highest BCUT2D eigenvalue weighted by atomic mass is 32.2. The molecule has 5 heteroatoms. The Bertz CT molecular complexity index is 771. The predicted octanol–water partition coefficient (Wildman–Crippen LogP) is 3.13. The van der Waals surface area contributed by atoms with Crippen LogP contribution in [-0.2, 0) is 11.2 Å². The van der Waals surface area contributed by atoms with Gasteiger partial charge in [0.2, 0.25) is 5.91 Å². The zero-order valence-electron chi connectivity index (χ0n) is 14.8. The highest BCUT2D eigenvalue weighted by Gasteiger charge is 2.40. The number of fused-ring (bicyclic) bond motifs is 2. The molecule has 1 amide bonds. The third kappa shape index (κ3) is 3.20. The van der Waals surface area contributed by atoms with E-state index in [0.717, 1.165) is 25.3 Å². The molecule has 3 unspecified atom stereocenters. The molecule has 3 atom stereocenters. The second kappa shape index (κ2) is 7.04. The molecule has 2 heterocycles. The monoisotopic (exact) mass is 357 g/mol. The number of piperidine rings is 1. The first-order valence-electron chi connectivity index (χ1n) is 9.36. The van der Waals surface area contributed by atoms with Gasteiger partial charge in [-0.3, -0.25) is 9.69 Å². The molecule has 1 fully saturated rings. The van der Waals surface area contributed by atoms with Gasteiger partial charge >= 0.3 is 0 Å². The number of H-pyrrole nitrogens is 1. The SMILES string of the molecule is CCCN1CC(CSCC(N)=O)CC2c3cccc4[nH]cc(c34)CC21. The fourth-order valence-electron chi connectivity index (χ4n) is 4.89. The van der Waals surface area contributed by atoms with E-state index < -0.39 is 0 Å². The van der Waals surface area contributed by atoms with Crippen LogP contribution in [0.1, 0.15) is 36.8 Å². The fourth-order valence-corrected chi connectivity index (χ4v) is 5.78. The highest BCUT2D eigenvalue weighted by Crippen LogP contribution is 2.45. The lowest BCUT2D eigenvalue weighted by Crippen LogP contribution is -2.50. The Balaban J connectivity index is 1.61. The molecule has 25 heavy (non-hydrogen) atoms. The van der Waals surface area contributed by atoms with Crippen LogP contribution in [0.3, 0.4) is 0 Å². The van der Waals surface area contributed by atoms with E-state index in [4.69, 9.17) is 5.73 Å². The van der Waals surface area contributed by atoms with Crippen LogP contribution >= 0.6 is 11.8 Å². The molecule has 0 saturated carbocycles. The van der Waals surface area contributed by atoms with Crippen LogP contribution in [-0.4, -0.2) is 46.4 Å². The number of carbonyl (C=O) groups excluding carboxylic acids is 1. The predicted molar refractivity (Wildman–Crippen MR) is 105 cm³/mol. The summed E-state index contributed by atoms with van der Waals surface area (Å²) in [6, 6.07) is 7.33. The molecule has 1 aromatic carbocycles. The molecule has 0 radical (unpaired) electrons. The van der Waals surface area contributed by atoms with Gasteiger partial charge < -0.3 is 10.7 Å². The average Bonchev–Trinajstić information content (AvgIpc) is 3.00. The number of amides is 1. The fraction of sp³-hybridized carbons (Fsp3) is 0.550. The second-order valence-electron chi connectivity index (χ2n) is 7.54. The summed E-state index contributed by atoms with van der Waals surface area (Å²) in [6.45, 7) is 4.58. The molecule has 4 rings (SSSR count). The summed E-state index contributed by atoms with van der Waals surface area (Å²) in [6.07, 6.45) is 5.78. The first-order chi connectivity index (χ1) is 12.2. The van der Waals surface area contributed by atoms with Crippen LogP contribution in [0.4, 0.5) is 0 Å². The summed E-state index contributed by atoms with van der Waals surface area (Å²) in [4.78, 5) is 17.2. The number of hydrogen-bond donors (Lipinski definition) is 2. The van der Waals surface area contributed by atoms with Crippen molar-refractivity contribution < 1.29 is 4.79 Å². The van der Waals surface area contributed by atoms with E-state index in [1.807, 2.05) is 0 Å². The lowest BCUT2D eigenvalue weighted by Gasteiger charge is -2.47. The van der Waals surface area contributed by atoms with Crippen molar-refractivity contribution in [3.8, 4) is 0 Å². The van der Waals surface area contributed by atoms with Crippen molar-refractivity contribution in [1.29, 1.82) is 0 Å². The maximum Gasteiger partial charge on any atom is 0.227 e. The number of hydrogen-bond acceptors (Lipinski definition) is 3. The lowest BCUT2D eigenvalue weighted by atomic mass is 9.72. The molecule has 2 aromatic rings. The van der Waals surface area contributed by atoms with Crippen LogP contribution in [0.25, 0.3) is 10.9 Å². The van der Waals surface area contributed by atoms with E-state index in [0.29, 0.717) is 23.6 Å². The minimum atomic E-state index is -0.205. The number of thioether (sulfide) groups is 1. The topological polar surface area (TPSA) is 62.1 Å². The summed E-state index contributed by atoms with van der Waals surface area (Å²) < 4.78 is 0. The van der Waals surface area contributed by atoms with Crippen LogP contribution in [0.15, 0.2) is 24.4 Å². The van der Waals surface area contributed by atoms with E-state index in [9.17, 15) is 4.79 Å². The molecule has 0 bridgehead atoms. The Hall–Kier alpha value is -1.46. The van der Waals surface area contributed by atoms with Gasteiger partial charge in [0.1, 0.15) is 0 Å². The molecule has 1 aliphatic heterocycles. The van der Waals surface area contributed by atoms with E-state index in [1.165, 1.54) is 34.9 Å². The minimum Gasteiger partial charge on any atom is -0.369 e. The first kappa shape index (κ1) is 17.0. The van der Waals surface area contributed by atoms with Gasteiger partial charge in [0, 0.05) is 35.6 Å². The van der Waals surface area contributed by atoms with Gasteiger partial charge in [0.05, 0.1) is 5.75 Å². The van der Waals surface area contributed by atoms with Crippen molar-refractivity contribution >= 4 is 28.6 Å². The van der Waals surface area contributed by atoms with Crippen LogP contribution in [0.5, 0.6) is 0 Å². The normalized spacial score (nSPS) is 25.9. The molecule has 134 valence electrons. The van der Waals surface area contributed by atoms with Crippen molar-refractivity contribution in [3.63, 3.8) is 0 Å². The summed E-state index contributed by atoms with van der Waals surface area (Å²) in [5.41, 5.74) is 9.59. The van der Waals surface area contributed by atoms with Crippen LogP contribution in [0.2, 0.25) is 0 Å². The van der Waals surface area contributed by atoms with Gasteiger partial charge in [0.15, 0.2) is 0 Å². The number of nitrogens with zero attached hydrogens (tertiary/aromatic N) is 1. The Labute approximate surface area is 153 Å². The van der Waals surface area contributed by atoms with Gasteiger partial charge in [-0.25, -0.2) is 0 Å². The van der Waals surface area contributed by atoms with Crippen LogP contribution in [0, 0.1) is 5.92 Å². The number of nitrogens with two attached hydrogens (primary N) is 1. The van der Waals surface area contributed by atoms with Crippen molar-refractivity contribution in [1.82, 2.24) is 9.88 Å². The van der Waals surface area contributed by atoms with E-state index >= 15 is 0 Å². The maximum absolute atomic E-state index is 11.1. The second-order valence-corrected chi connectivity index (χ2v) is 8.57. The molecule has 1 aliphatic carbocycles. The Morgan fingerprint density at radius 1 is 1.44 bits per heavy atom. The highest BCUT2D eigenvalue weighted by molar-refractivity contribution is 7.99. The van der Waals surface area contributed by atoms with E-state index in [1.54, 1.807) is 11.8 Å². The smallest absolute Gasteiger partial charge is 0.227 e. The molecule has 1 saturated heterocycles. The first-order valence-corrected chi connectivity index (χ1v) is 10.5. The van der Waals surface area contributed by atoms with Gasteiger partial charge in [0.25, 0.3) is 0 Å². The number of primary amides is 1. The molecule has 0 spiro atoms. The molecule has 4 nitrogen and oxygen atoms in total. The molecular formula is C20H27N3OS. The molecule has 2 aliphatic rings. The zero-order valence-corrected chi connectivity index (χ0v) is 15.6. The summed E-state index contributed by atoms with van der Waals surface area (Å²) in [5.74, 6) is 2.50. The number of aromatic nitrogens is 1. The summed E-state index contributed by atoms with van der Waals surface area (Å²) in [5, 5.41) is 1.46. The van der Waals surface area contributed by atoms with Crippen molar-refractivity contribution in [3.05, 3.63) is 35.5 Å². The summed E-state index contributed by atoms with van der Waals surface area (Å²) >= 11 is 1.70. The van der Waals surface area contributed by atoms with Crippen molar-refractivity contribution in [2.45, 2.75) is 38.1 Å². The maximum atomic E-state index is 11.1. The third-order valence-corrected chi connectivity index (χ3v) is 6.97. The minimum absolute atomic E-state index is 0.205. The Morgan fingerprint density at radius 2 is 2.32 bits per heavy atom. The number of rotatable bonds is 6. The number of likely N-dealkylation sites (tertiary alicyclic amines) is 1. The lowest BCUT2D eigenvalue weighted by molar-refractivity contribution is -0.115.